The van der Waals surface area contributed by atoms with Crippen molar-refractivity contribution in [2.75, 3.05) is 0 Å². The molecule has 0 unspecified atom stereocenters. The number of aliphatic hydroxyl groups is 1. The summed E-state index contributed by atoms with van der Waals surface area (Å²) in [5, 5.41) is 15.0. The molecule has 1 heterocycles. The van der Waals surface area contributed by atoms with Crippen molar-refractivity contribution >= 4 is 23.2 Å². The van der Waals surface area contributed by atoms with Gasteiger partial charge in [0.15, 0.2) is 0 Å². The molecule has 1 aromatic carbocycles. The molecule has 3 rings (SSSR count). The van der Waals surface area contributed by atoms with Gasteiger partial charge in [-0.3, -0.25) is 4.79 Å². The Bertz CT molecular complexity index is 675. The number of halogens is 4. The van der Waals surface area contributed by atoms with Crippen LogP contribution in [0.15, 0.2) is 29.4 Å². The Morgan fingerprint density at radius 3 is 2.54 bits per heavy atom. The lowest BCUT2D eigenvalue weighted by atomic mass is 9.87. The highest BCUT2D eigenvalue weighted by molar-refractivity contribution is 6.30. The average molecular weight is 361 g/mol. The molecule has 0 saturated heterocycles. The van der Waals surface area contributed by atoms with E-state index in [-0.39, 0.29) is 22.7 Å². The zero-order chi connectivity index (χ0) is 17.5. The van der Waals surface area contributed by atoms with Crippen LogP contribution in [0.4, 0.5) is 13.2 Å². The van der Waals surface area contributed by atoms with Crippen LogP contribution in [0.5, 0.6) is 0 Å². The molecule has 4 nitrogen and oxygen atoms in total. The molecule has 8 heteroatoms. The van der Waals surface area contributed by atoms with E-state index in [0.717, 1.165) is 6.42 Å². The van der Waals surface area contributed by atoms with Crippen LogP contribution >= 0.6 is 11.6 Å². The van der Waals surface area contributed by atoms with Gasteiger partial charge in [-0.2, -0.15) is 23.3 Å². The largest absolute Gasteiger partial charge is 0.439 e. The summed E-state index contributed by atoms with van der Waals surface area (Å²) in [5.41, 5.74) is -3.07. The summed E-state index contributed by atoms with van der Waals surface area (Å²) in [6.07, 6.45) is -2.45. The number of nitrogens with zero attached hydrogens (tertiary/aromatic N) is 2. The SMILES string of the molecule is O=C(c1ccc(Cl)cc1)N1N=C2CCCCC[C@H]2[C@@]1(O)C(F)(F)F. The highest BCUT2D eigenvalue weighted by Crippen LogP contribution is 2.48. The Hall–Kier alpha value is -1.60. The lowest BCUT2D eigenvalue weighted by Crippen LogP contribution is -2.61. The fourth-order valence-corrected chi connectivity index (χ4v) is 3.44. The van der Waals surface area contributed by atoms with Gasteiger partial charge in [0.05, 0.1) is 5.92 Å². The number of hydrazone groups is 1. The summed E-state index contributed by atoms with van der Waals surface area (Å²) >= 11 is 5.74. The number of rotatable bonds is 1. The first-order chi connectivity index (χ1) is 11.2. The molecule has 24 heavy (non-hydrogen) atoms. The van der Waals surface area contributed by atoms with Gasteiger partial charge >= 0.3 is 6.18 Å². The van der Waals surface area contributed by atoms with E-state index in [2.05, 4.69) is 5.10 Å². The molecule has 0 spiro atoms. The van der Waals surface area contributed by atoms with Gasteiger partial charge in [0.2, 0.25) is 0 Å². The van der Waals surface area contributed by atoms with E-state index in [0.29, 0.717) is 24.3 Å². The minimum Gasteiger partial charge on any atom is -0.362 e. The summed E-state index contributed by atoms with van der Waals surface area (Å²) in [4.78, 5) is 12.6. The lowest BCUT2D eigenvalue weighted by Gasteiger charge is -2.37. The van der Waals surface area contributed by atoms with Crippen molar-refractivity contribution in [1.29, 1.82) is 0 Å². The van der Waals surface area contributed by atoms with Gasteiger partial charge in [0.1, 0.15) is 0 Å². The Balaban J connectivity index is 2.03. The minimum absolute atomic E-state index is 0.0112. The number of hydrogen-bond donors (Lipinski definition) is 1. The monoisotopic (exact) mass is 360 g/mol. The Kier molecular flexibility index (Phi) is 4.34. The van der Waals surface area contributed by atoms with Crippen LogP contribution in [-0.4, -0.2) is 33.6 Å². The van der Waals surface area contributed by atoms with Gasteiger partial charge in [-0.1, -0.05) is 24.4 Å². The van der Waals surface area contributed by atoms with Gasteiger partial charge in [-0.15, -0.1) is 0 Å². The second kappa shape index (κ2) is 6.04. The molecule has 1 aliphatic carbocycles. The minimum atomic E-state index is -5.00. The highest BCUT2D eigenvalue weighted by atomic mass is 35.5. The third-order valence-electron chi connectivity index (χ3n) is 4.57. The fraction of sp³-hybridized carbons (Fsp3) is 0.500. The molecule has 0 radical (unpaired) electrons. The Morgan fingerprint density at radius 2 is 1.92 bits per heavy atom. The Morgan fingerprint density at radius 1 is 1.25 bits per heavy atom. The van der Waals surface area contributed by atoms with Crippen molar-refractivity contribution in [3.8, 4) is 0 Å². The van der Waals surface area contributed by atoms with Gasteiger partial charge in [0, 0.05) is 16.3 Å². The quantitative estimate of drug-likeness (QED) is 0.823. The second-order valence-corrected chi connectivity index (χ2v) is 6.53. The van der Waals surface area contributed by atoms with Crippen LogP contribution in [-0.2, 0) is 0 Å². The number of carbonyl (C=O) groups is 1. The zero-order valence-corrected chi connectivity index (χ0v) is 13.4. The van der Waals surface area contributed by atoms with E-state index < -0.39 is 23.7 Å². The van der Waals surface area contributed by atoms with Crippen LogP contribution in [0.2, 0.25) is 5.02 Å². The third-order valence-corrected chi connectivity index (χ3v) is 4.82. The molecule has 1 amide bonds. The standard InChI is InChI=1S/C16H16ClF3N2O2/c17-11-8-6-10(7-9-11)14(23)22-15(24,16(18,19)20)12-4-2-1-3-5-13(12)21-22/h6-9,12,24H,1-5H2/t12-,15-/m1/s1. The third kappa shape index (κ3) is 2.69. The summed E-state index contributed by atoms with van der Waals surface area (Å²) in [7, 11) is 0. The summed E-state index contributed by atoms with van der Waals surface area (Å²) in [6, 6.07) is 5.44. The van der Waals surface area contributed by atoms with Crippen LogP contribution in [0.1, 0.15) is 42.5 Å². The van der Waals surface area contributed by atoms with Crippen molar-refractivity contribution < 1.29 is 23.1 Å². The molecule has 0 bridgehead atoms. The second-order valence-electron chi connectivity index (χ2n) is 6.09. The van der Waals surface area contributed by atoms with E-state index in [1.807, 2.05) is 0 Å². The lowest BCUT2D eigenvalue weighted by molar-refractivity contribution is -0.312. The average Bonchev–Trinajstić information content (AvgIpc) is 2.68. The number of alkyl halides is 3. The molecule has 2 atom stereocenters. The van der Waals surface area contributed by atoms with Crippen molar-refractivity contribution in [3.63, 3.8) is 0 Å². The smallest absolute Gasteiger partial charge is 0.362 e. The van der Waals surface area contributed by atoms with E-state index >= 15 is 0 Å². The van der Waals surface area contributed by atoms with Crippen molar-refractivity contribution in [2.45, 2.75) is 44.0 Å². The first kappa shape index (κ1) is 17.2. The topological polar surface area (TPSA) is 52.9 Å². The predicted octanol–water partition coefficient (Wildman–Crippen LogP) is 3.98. The zero-order valence-electron chi connectivity index (χ0n) is 12.7. The maximum absolute atomic E-state index is 13.7. The van der Waals surface area contributed by atoms with Crippen molar-refractivity contribution in [1.82, 2.24) is 5.01 Å². The number of hydrogen-bond acceptors (Lipinski definition) is 3. The highest BCUT2D eigenvalue weighted by Gasteiger charge is 2.68. The van der Waals surface area contributed by atoms with E-state index in [4.69, 9.17) is 11.6 Å². The van der Waals surface area contributed by atoms with E-state index in [9.17, 15) is 23.1 Å². The number of benzene rings is 1. The molecule has 1 aliphatic heterocycles. The summed E-state index contributed by atoms with van der Waals surface area (Å²) < 4.78 is 41.1. The number of carbonyl (C=O) groups excluding carboxylic acids is 1. The molecular formula is C16H16ClF3N2O2. The summed E-state index contributed by atoms with van der Waals surface area (Å²) in [6.45, 7) is 0. The van der Waals surface area contributed by atoms with Crippen LogP contribution in [0, 0.1) is 5.92 Å². The molecular weight excluding hydrogens is 345 g/mol. The normalized spacial score (nSPS) is 27.5. The van der Waals surface area contributed by atoms with E-state index in [1.165, 1.54) is 24.3 Å². The number of fused-ring (bicyclic) bond motifs is 1. The van der Waals surface area contributed by atoms with Crippen LogP contribution in [0.3, 0.4) is 0 Å². The Labute approximate surface area is 141 Å². The van der Waals surface area contributed by atoms with Gasteiger partial charge in [-0.25, -0.2) is 0 Å². The molecule has 1 aromatic rings. The predicted molar refractivity (Wildman–Crippen MR) is 82.6 cm³/mol. The van der Waals surface area contributed by atoms with Gasteiger partial charge < -0.3 is 5.11 Å². The first-order valence-electron chi connectivity index (χ1n) is 7.71. The molecule has 1 N–H and O–H groups in total. The van der Waals surface area contributed by atoms with Crippen molar-refractivity contribution in [3.05, 3.63) is 34.9 Å². The number of amides is 1. The van der Waals surface area contributed by atoms with Crippen LogP contribution in [0.25, 0.3) is 0 Å². The molecule has 0 aromatic heterocycles. The molecule has 2 aliphatic rings. The molecule has 1 fully saturated rings. The van der Waals surface area contributed by atoms with E-state index in [1.54, 1.807) is 0 Å². The van der Waals surface area contributed by atoms with Crippen LogP contribution < -0.4 is 0 Å². The fourth-order valence-electron chi connectivity index (χ4n) is 3.31. The first-order valence-corrected chi connectivity index (χ1v) is 8.09. The molecule has 130 valence electrons. The maximum Gasteiger partial charge on any atom is 0.439 e. The van der Waals surface area contributed by atoms with Gasteiger partial charge in [-0.05, 0) is 43.5 Å². The molecule has 1 saturated carbocycles. The van der Waals surface area contributed by atoms with Crippen molar-refractivity contribution in [2.24, 2.45) is 11.0 Å². The summed E-state index contributed by atoms with van der Waals surface area (Å²) in [5.74, 6) is -2.21. The van der Waals surface area contributed by atoms with Gasteiger partial charge in [0.25, 0.3) is 11.6 Å². The maximum atomic E-state index is 13.7.